The highest BCUT2D eigenvalue weighted by Gasteiger charge is 2.54. The second kappa shape index (κ2) is 11.0. The molecule has 2 aromatic rings. The molecule has 15 heteroatoms. The molecule has 0 aliphatic carbocycles. The number of nitrogens with one attached hydrogen (secondary N) is 3. The Kier molecular flexibility index (Phi) is 7.79. The lowest BCUT2D eigenvalue weighted by Crippen LogP contribution is -2.71. The van der Waals surface area contributed by atoms with Crippen molar-refractivity contribution in [3.63, 3.8) is 0 Å². The number of nitrogens with zero attached hydrogens (tertiary/aromatic N) is 5. The molecule has 190 valence electrons. The Morgan fingerprint density at radius 2 is 2.03 bits per heavy atom. The fourth-order valence-corrected chi connectivity index (χ4v) is 6.15. The van der Waals surface area contributed by atoms with Gasteiger partial charge in [-0.05, 0) is 28.5 Å². The topological polar surface area (TPSA) is 171 Å². The van der Waals surface area contributed by atoms with Crippen molar-refractivity contribution in [3.05, 3.63) is 47.2 Å². The van der Waals surface area contributed by atoms with Crippen LogP contribution in [0.5, 0.6) is 0 Å². The van der Waals surface area contributed by atoms with Crippen molar-refractivity contribution in [2.75, 3.05) is 18.1 Å². The van der Waals surface area contributed by atoms with E-state index in [9.17, 15) is 24.3 Å². The van der Waals surface area contributed by atoms with E-state index in [0.29, 0.717) is 34.3 Å². The normalized spacial score (nSPS) is 19.7. The van der Waals surface area contributed by atoms with Crippen molar-refractivity contribution in [3.8, 4) is 0 Å². The molecule has 3 heterocycles. The number of rotatable bonds is 9. The maximum atomic E-state index is 13.2. The molecule has 1 saturated heterocycles. The third-order valence-corrected chi connectivity index (χ3v) is 7.95. The number of tetrazole rings is 1. The van der Waals surface area contributed by atoms with Crippen LogP contribution in [-0.4, -0.2) is 83.5 Å². The standard InChI is InChI=1S/C21H24N8O5S2/c1-3-22-20(34)24-13(11-7-5-4-6-8-11)16(30)23-14-17(31)29-15(19(32)33)12(9-35-18(14)29)10-36-21-25-26-27-28(21)2/h4-8,13-14,18H,3,9-10H2,1-2H3,(H,23,30)(H,32,33)(H2,22,24,34)/t13?,14-,18?/m0/s1. The molecule has 4 amide bonds. The van der Waals surface area contributed by atoms with Crippen LogP contribution in [0.2, 0.25) is 0 Å². The molecule has 4 N–H and O–H groups in total. The number of hydrogen-bond acceptors (Lipinski definition) is 9. The highest BCUT2D eigenvalue weighted by molar-refractivity contribution is 8.01. The number of carboxylic acids is 1. The number of urea groups is 1. The fraction of sp³-hybridized carbons (Fsp3) is 0.381. The molecule has 3 atom stereocenters. The quantitative estimate of drug-likeness (QED) is 0.256. The maximum Gasteiger partial charge on any atom is 0.352 e. The number of aliphatic carboxylic acids is 1. The minimum atomic E-state index is -1.22. The van der Waals surface area contributed by atoms with Crippen molar-refractivity contribution in [2.24, 2.45) is 7.05 Å². The molecule has 13 nitrogen and oxygen atoms in total. The van der Waals surface area contributed by atoms with Crippen LogP contribution in [0.3, 0.4) is 0 Å². The average molecular weight is 533 g/mol. The molecule has 36 heavy (non-hydrogen) atoms. The Hall–Kier alpha value is -3.59. The molecule has 4 rings (SSSR count). The van der Waals surface area contributed by atoms with Gasteiger partial charge in [0.2, 0.25) is 11.1 Å². The van der Waals surface area contributed by atoms with E-state index < -0.39 is 41.3 Å². The van der Waals surface area contributed by atoms with Gasteiger partial charge in [0.1, 0.15) is 23.2 Å². The van der Waals surface area contributed by atoms with Gasteiger partial charge < -0.3 is 21.1 Å². The van der Waals surface area contributed by atoms with Gasteiger partial charge in [0.15, 0.2) is 0 Å². The first-order chi connectivity index (χ1) is 17.3. The fourth-order valence-electron chi connectivity index (χ4n) is 3.81. The van der Waals surface area contributed by atoms with Crippen molar-refractivity contribution in [1.82, 2.24) is 41.1 Å². The Labute approximate surface area is 214 Å². The average Bonchev–Trinajstić information content (AvgIpc) is 3.28. The number of carboxylic acid groups (broad SMARTS) is 1. The summed E-state index contributed by atoms with van der Waals surface area (Å²) in [6, 6.07) is 6.18. The molecule has 0 saturated carbocycles. The van der Waals surface area contributed by atoms with E-state index in [2.05, 4.69) is 31.5 Å². The lowest BCUT2D eigenvalue weighted by molar-refractivity contribution is -0.151. The molecule has 0 spiro atoms. The van der Waals surface area contributed by atoms with Gasteiger partial charge in [-0.25, -0.2) is 14.3 Å². The molecule has 0 radical (unpaired) electrons. The summed E-state index contributed by atoms with van der Waals surface area (Å²) in [6.45, 7) is 2.13. The molecule has 1 aromatic heterocycles. The number of aryl methyl sites for hydroxylation is 1. The van der Waals surface area contributed by atoms with E-state index in [4.69, 9.17) is 0 Å². The van der Waals surface area contributed by atoms with Gasteiger partial charge in [0, 0.05) is 25.1 Å². The Balaban J connectivity index is 1.48. The van der Waals surface area contributed by atoms with E-state index in [-0.39, 0.29) is 5.70 Å². The highest BCUT2D eigenvalue weighted by Crippen LogP contribution is 2.41. The highest BCUT2D eigenvalue weighted by atomic mass is 32.2. The number of carbonyl (C=O) groups excluding carboxylic acids is 3. The second-order valence-electron chi connectivity index (χ2n) is 7.87. The zero-order chi connectivity index (χ0) is 25.8. The van der Waals surface area contributed by atoms with Gasteiger partial charge in [-0.15, -0.1) is 16.9 Å². The minimum Gasteiger partial charge on any atom is -0.477 e. The summed E-state index contributed by atoms with van der Waals surface area (Å²) in [6.07, 6.45) is 0. The van der Waals surface area contributed by atoms with Crippen molar-refractivity contribution in [1.29, 1.82) is 0 Å². The lowest BCUT2D eigenvalue weighted by Gasteiger charge is -2.49. The largest absolute Gasteiger partial charge is 0.477 e. The van der Waals surface area contributed by atoms with Crippen LogP contribution in [0.15, 0.2) is 46.8 Å². The predicted molar refractivity (Wildman–Crippen MR) is 131 cm³/mol. The summed E-state index contributed by atoms with van der Waals surface area (Å²) in [5, 5.41) is 28.9. The van der Waals surface area contributed by atoms with Crippen LogP contribution in [0.4, 0.5) is 4.79 Å². The minimum absolute atomic E-state index is 0.0862. The maximum absolute atomic E-state index is 13.2. The van der Waals surface area contributed by atoms with Crippen LogP contribution in [0, 0.1) is 0 Å². The molecular weight excluding hydrogens is 508 g/mol. The summed E-state index contributed by atoms with van der Waals surface area (Å²) >= 11 is 2.64. The number of fused-ring (bicyclic) bond motifs is 1. The van der Waals surface area contributed by atoms with Crippen molar-refractivity contribution < 1.29 is 24.3 Å². The number of carbonyl (C=O) groups is 4. The van der Waals surface area contributed by atoms with Crippen LogP contribution < -0.4 is 16.0 Å². The zero-order valence-electron chi connectivity index (χ0n) is 19.4. The smallest absolute Gasteiger partial charge is 0.352 e. The molecule has 1 aromatic carbocycles. The molecular formula is C21H24N8O5S2. The second-order valence-corrected chi connectivity index (χ2v) is 9.92. The molecule has 2 aliphatic heterocycles. The SMILES string of the molecule is CCNC(=O)NC(C(=O)N[C@H]1C(=O)N2C(C(=O)O)=C(CSc3nnnn3C)CSC12)c1ccccc1. The first kappa shape index (κ1) is 25.5. The monoisotopic (exact) mass is 532 g/mol. The van der Waals surface area contributed by atoms with Gasteiger partial charge in [-0.2, -0.15) is 0 Å². The summed E-state index contributed by atoms with van der Waals surface area (Å²) in [5.41, 5.74) is 1.02. The first-order valence-corrected chi connectivity index (χ1v) is 13.0. The van der Waals surface area contributed by atoms with Crippen molar-refractivity contribution >= 4 is 47.3 Å². The van der Waals surface area contributed by atoms with E-state index >= 15 is 0 Å². The zero-order valence-corrected chi connectivity index (χ0v) is 21.0. The summed E-state index contributed by atoms with van der Waals surface area (Å²) in [5.74, 6) is -1.65. The molecule has 1 fully saturated rings. The van der Waals surface area contributed by atoms with Crippen LogP contribution in [0.1, 0.15) is 18.5 Å². The Morgan fingerprint density at radius 3 is 2.67 bits per heavy atom. The van der Waals surface area contributed by atoms with Gasteiger partial charge >= 0.3 is 12.0 Å². The van der Waals surface area contributed by atoms with Crippen LogP contribution in [-0.2, 0) is 21.4 Å². The number of thioether (sulfide) groups is 2. The van der Waals surface area contributed by atoms with E-state index in [0.717, 1.165) is 0 Å². The molecule has 2 unspecified atom stereocenters. The summed E-state index contributed by atoms with van der Waals surface area (Å²) < 4.78 is 1.47. The molecule has 2 aliphatic rings. The predicted octanol–water partition coefficient (Wildman–Crippen LogP) is 0.101. The number of hydrogen-bond donors (Lipinski definition) is 4. The summed E-state index contributed by atoms with van der Waals surface area (Å²) in [7, 11) is 1.68. The van der Waals surface area contributed by atoms with Crippen LogP contribution in [0.25, 0.3) is 0 Å². The van der Waals surface area contributed by atoms with Gasteiger partial charge in [-0.1, -0.05) is 42.1 Å². The summed E-state index contributed by atoms with van der Waals surface area (Å²) in [4.78, 5) is 51.6. The van der Waals surface area contributed by atoms with Crippen molar-refractivity contribution in [2.45, 2.75) is 29.5 Å². The Morgan fingerprint density at radius 1 is 1.28 bits per heavy atom. The Bertz CT molecular complexity index is 1200. The lowest BCUT2D eigenvalue weighted by atomic mass is 10.0. The van der Waals surface area contributed by atoms with E-state index in [1.165, 1.54) is 33.1 Å². The van der Waals surface area contributed by atoms with Gasteiger partial charge in [0.05, 0.1) is 0 Å². The number of benzene rings is 1. The number of amides is 4. The number of β-lactam (4-membered cyclic amide) rings is 1. The molecule has 0 bridgehead atoms. The van der Waals surface area contributed by atoms with E-state index in [1.54, 1.807) is 44.3 Å². The third-order valence-electron chi connectivity index (χ3n) is 5.51. The third kappa shape index (κ3) is 5.16. The number of aromatic nitrogens is 4. The first-order valence-electron chi connectivity index (χ1n) is 11.0. The van der Waals surface area contributed by atoms with Gasteiger partial charge in [-0.3, -0.25) is 14.5 Å². The van der Waals surface area contributed by atoms with Crippen LogP contribution >= 0.6 is 23.5 Å². The van der Waals surface area contributed by atoms with E-state index in [1.807, 2.05) is 0 Å². The van der Waals surface area contributed by atoms with Gasteiger partial charge in [0.25, 0.3) is 5.91 Å².